The first kappa shape index (κ1) is 14.3. The molecule has 2 aliphatic rings. The van der Waals surface area contributed by atoms with Gasteiger partial charge in [-0.25, -0.2) is 0 Å². The van der Waals surface area contributed by atoms with E-state index in [0.29, 0.717) is 11.5 Å². The van der Waals surface area contributed by atoms with Crippen LogP contribution in [0.4, 0.5) is 0 Å². The van der Waals surface area contributed by atoms with Crippen molar-refractivity contribution in [2.24, 2.45) is 5.41 Å². The highest BCUT2D eigenvalue weighted by Gasteiger charge is 2.34. The minimum atomic E-state index is -0.00231. The highest BCUT2D eigenvalue weighted by molar-refractivity contribution is 4.88. The van der Waals surface area contributed by atoms with Gasteiger partial charge in [0.25, 0.3) is 0 Å². The van der Waals surface area contributed by atoms with Gasteiger partial charge in [0.1, 0.15) is 0 Å². The molecule has 1 aliphatic heterocycles. The normalized spacial score (nSPS) is 29.5. The number of ether oxygens (including phenoxy) is 1. The maximum atomic E-state index is 5.97. The zero-order valence-electron chi connectivity index (χ0n) is 12.8. The van der Waals surface area contributed by atoms with Crippen LogP contribution in [0.2, 0.25) is 0 Å². The van der Waals surface area contributed by atoms with Crippen molar-refractivity contribution in [1.82, 2.24) is 10.2 Å². The molecule has 1 N–H and O–H groups in total. The molecule has 0 aromatic heterocycles. The van der Waals surface area contributed by atoms with Gasteiger partial charge in [-0.05, 0) is 39.0 Å². The van der Waals surface area contributed by atoms with Crippen LogP contribution in [0.3, 0.4) is 0 Å². The maximum absolute atomic E-state index is 5.97. The van der Waals surface area contributed by atoms with Crippen LogP contribution in [0.5, 0.6) is 0 Å². The van der Waals surface area contributed by atoms with Crippen LogP contribution in [0.15, 0.2) is 0 Å². The summed E-state index contributed by atoms with van der Waals surface area (Å²) in [6.07, 6.45) is 3.09. The van der Waals surface area contributed by atoms with Crippen LogP contribution in [0, 0.1) is 5.41 Å². The van der Waals surface area contributed by atoms with Gasteiger partial charge in [0, 0.05) is 32.2 Å². The molecule has 1 atom stereocenters. The van der Waals surface area contributed by atoms with E-state index in [1.165, 1.54) is 12.8 Å². The lowest BCUT2D eigenvalue weighted by Gasteiger charge is -2.44. The molecule has 1 heterocycles. The molecule has 1 saturated heterocycles. The number of hydrogen-bond acceptors (Lipinski definition) is 3. The summed E-state index contributed by atoms with van der Waals surface area (Å²) in [4.78, 5) is 2.57. The lowest BCUT2D eigenvalue weighted by atomic mass is 9.91. The van der Waals surface area contributed by atoms with E-state index in [-0.39, 0.29) is 5.60 Å². The summed E-state index contributed by atoms with van der Waals surface area (Å²) in [5, 5.41) is 3.66. The Morgan fingerprint density at radius 1 is 1.33 bits per heavy atom. The van der Waals surface area contributed by atoms with Crippen molar-refractivity contribution in [2.45, 2.75) is 65.2 Å². The van der Waals surface area contributed by atoms with E-state index in [4.69, 9.17) is 4.74 Å². The van der Waals surface area contributed by atoms with Crippen LogP contribution >= 0.6 is 0 Å². The zero-order valence-corrected chi connectivity index (χ0v) is 12.8. The maximum Gasteiger partial charge on any atom is 0.0757 e. The van der Waals surface area contributed by atoms with E-state index < -0.39 is 0 Å². The average Bonchev–Trinajstić information content (AvgIpc) is 2.93. The summed E-state index contributed by atoms with van der Waals surface area (Å²) < 4.78 is 5.97. The molecular formula is C15H30N2O. The van der Waals surface area contributed by atoms with E-state index in [0.717, 1.165) is 32.2 Å². The molecule has 0 bridgehead atoms. The van der Waals surface area contributed by atoms with Crippen LogP contribution in [-0.4, -0.2) is 48.8 Å². The van der Waals surface area contributed by atoms with E-state index in [2.05, 4.69) is 44.8 Å². The molecule has 0 spiro atoms. The fourth-order valence-electron chi connectivity index (χ4n) is 3.08. The van der Waals surface area contributed by atoms with Crippen molar-refractivity contribution < 1.29 is 4.74 Å². The first-order chi connectivity index (χ1) is 8.26. The van der Waals surface area contributed by atoms with Crippen molar-refractivity contribution in [3.05, 3.63) is 0 Å². The highest BCUT2D eigenvalue weighted by Crippen LogP contribution is 2.26. The second-order valence-electron chi connectivity index (χ2n) is 7.68. The van der Waals surface area contributed by atoms with Crippen molar-refractivity contribution in [1.29, 1.82) is 0 Å². The van der Waals surface area contributed by atoms with E-state index in [1.807, 2.05) is 0 Å². The average molecular weight is 254 g/mol. The largest absolute Gasteiger partial charge is 0.370 e. The molecule has 0 aromatic carbocycles. The number of morpholine rings is 1. The van der Waals surface area contributed by atoms with Gasteiger partial charge in [0.15, 0.2) is 0 Å². The summed E-state index contributed by atoms with van der Waals surface area (Å²) >= 11 is 0. The predicted molar refractivity (Wildman–Crippen MR) is 75.9 cm³/mol. The van der Waals surface area contributed by atoms with Crippen LogP contribution < -0.4 is 5.32 Å². The lowest BCUT2D eigenvalue weighted by molar-refractivity contribution is -0.133. The van der Waals surface area contributed by atoms with Gasteiger partial charge < -0.3 is 10.1 Å². The van der Waals surface area contributed by atoms with Crippen molar-refractivity contribution in [2.75, 3.05) is 26.2 Å². The fraction of sp³-hybridized carbons (Fsp3) is 1.00. The smallest absolute Gasteiger partial charge is 0.0757 e. The Balaban J connectivity index is 1.82. The van der Waals surface area contributed by atoms with Gasteiger partial charge in [-0.1, -0.05) is 13.8 Å². The van der Waals surface area contributed by atoms with E-state index in [1.54, 1.807) is 0 Å². The summed E-state index contributed by atoms with van der Waals surface area (Å²) in [6, 6.07) is 0.810. The predicted octanol–water partition coefficient (Wildman–Crippen LogP) is 2.26. The third-order valence-corrected chi connectivity index (χ3v) is 3.74. The summed E-state index contributed by atoms with van der Waals surface area (Å²) in [7, 11) is 0. The third kappa shape index (κ3) is 4.52. The van der Waals surface area contributed by atoms with Crippen LogP contribution in [0.25, 0.3) is 0 Å². The van der Waals surface area contributed by atoms with Crippen LogP contribution in [-0.2, 0) is 4.74 Å². The molecule has 0 radical (unpaired) electrons. The Morgan fingerprint density at radius 3 is 2.56 bits per heavy atom. The van der Waals surface area contributed by atoms with Gasteiger partial charge >= 0.3 is 0 Å². The van der Waals surface area contributed by atoms with Gasteiger partial charge in [-0.3, -0.25) is 4.90 Å². The molecule has 18 heavy (non-hydrogen) atoms. The number of hydrogen-bond donors (Lipinski definition) is 1. The summed E-state index contributed by atoms with van der Waals surface area (Å²) in [5.41, 5.74) is 0.341. The standard InChI is InChI=1S/C15H30N2O/c1-12-8-17(11-15(4,5)18-12)10-14(2,3)9-16-13-6-7-13/h12-13,16H,6-11H2,1-5H3. The zero-order chi connectivity index (χ0) is 13.4. The van der Waals surface area contributed by atoms with Gasteiger partial charge in [0.2, 0.25) is 0 Å². The number of rotatable bonds is 5. The van der Waals surface area contributed by atoms with Crippen LogP contribution in [0.1, 0.15) is 47.5 Å². The molecule has 0 aromatic rings. The molecule has 106 valence electrons. The Hall–Kier alpha value is -0.120. The minimum absolute atomic E-state index is 0.00231. The molecule has 1 saturated carbocycles. The summed E-state index contributed by atoms with van der Waals surface area (Å²) in [6.45, 7) is 15.7. The minimum Gasteiger partial charge on any atom is -0.370 e. The fourth-order valence-corrected chi connectivity index (χ4v) is 3.08. The molecule has 0 amide bonds. The molecule has 3 nitrogen and oxygen atoms in total. The molecule has 2 rings (SSSR count). The Labute approximate surface area is 112 Å². The Kier molecular flexibility index (Phi) is 4.05. The Morgan fingerprint density at radius 2 is 2.00 bits per heavy atom. The topological polar surface area (TPSA) is 24.5 Å². The Bertz CT molecular complexity index is 284. The SMILES string of the molecule is CC1CN(CC(C)(C)CNC2CC2)CC(C)(C)O1. The van der Waals surface area contributed by atoms with E-state index in [9.17, 15) is 0 Å². The second kappa shape index (κ2) is 5.10. The molecule has 1 unspecified atom stereocenters. The van der Waals surface area contributed by atoms with Crippen molar-refractivity contribution in [3.63, 3.8) is 0 Å². The highest BCUT2D eigenvalue weighted by atomic mass is 16.5. The second-order valence-corrected chi connectivity index (χ2v) is 7.68. The molecule has 2 fully saturated rings. The first-order valence-corrected chi connectivity index (χ1v) is 7.39. The first-order valence-electron chi connectivity index (χ1n) is 7.39. The van der Waals surface area contributed by atoms with Gasteiger partial charge in [-0.2, -0.15) is 0 Å². The van der Waals surface area contributed by atoms with Gasteiger partial charge in [-0.15, -0.1) is 0 Å². The van der Waals surface area contributed by atoms with Crippen molar-refractivity contribution >= 4 is 0 Å². The van der Waals surface area contributed by atoms with Crippen molar-refractivity contribution in [3.8, 4) is 0 Å². The molecular weight excluding hydrogens is 224 g/mol. The van der Waals surface area contributed by atoms with Gasteiger partial charge in [0.05, 0.1) is 11.7 Å². The third-order valence-electron chi connectivity index (χ3n) is 3.74. The lowest BCUT2D eigenvalue weighted by Crippen LogP contribution is -2.54. The summed E-state index contributed by atoms with van der Waals surface area (Å²) in [5.74, 6) is 0. The quantitative estimate of drug-likeness (QED) is 0.814. The monoisotopic (exact) mass is 254 g/mol. The number of nitrogens with zero attached hydrogens (tertiary/aromatic N) is 1. The number of nitrogens with one attached hydrogen (secondary N) is 1. The van der Waals surface area contributed by atoms with E-state index >= 15 is 0 Å². The molecule has 3 heteroatoms. The molecule has 1 aliphatic carbocycles.